The van der Waals surface area contributed by atoms with E-state index in [4.69, 9.17) is 16.3 Å². The molecule has 0 amide bonds. The van der Waals surface area contributed by atoms with Crippen LogP contribution in [-0.4, -0.2) is 16.9 Å². The molecular formula is C16H13ClN2O. The lowest BCUT2D eigenvalue weighted by molar-refractivity contribution is 0.414. The van der Waals surface area contributed by atoms with E-state index < -0.39 is 0 Å². The van der Waals surface area contributed by atoms with Crippen LogP contribution in [-0.2, 0) is 0 Å². The van der Waals surface area contributed by atoms with Gasteiger partial charge in [-0.05, 0) is 42.5 Å². The number of benzene rings is 2. The Kier molecular flexibility index (Phi) is 3.44. The first kappa shape index (κ1) is 12.8. The molecule has 0 aliphatic rings. The average molecular weight is 285 g/mol. The molecule has 0 radical (unpaired) electrons. The maximum atomic E-state index is 5.93. The van der Waals surface area contributed by atoms with Crippen molar-refractivity contribution in [3.05, 3.63) is 65.8 Å². The van der Waals surface area contributed by atoms with Crippen LogP contribution in [0, 0.1) is 0 Å². The first-order valence-corrected chi connectivity index (χ1v) is 6.60. The van der Waals surface area contributed by atoms with Crippen molar-refractivity contribution in [1.82, 2.24) is 9.78 Å². The normalized spacial score (nSPS) is 10.5. The van der Waals surface area contributed by atoms with Crippen molar-refractivity contribution < 1.29 is 4.74 Å². The molecule has 20 heavy (non-hydrogen) atoms. The van der Waals surface area contributed by atoms with E-state index in [2.05, 4.69) is 5.10 Å². The third-order valence-electron chi connectivity index (χ3n) is 3.10. The van der Waals surface area contributed by atoms with Crippen LogP contribution in [0.1, 0.15) is 0 Å². The molecule has 0 fully saturated rings. The van der Waals surface area contributed by atoms with Gasteiger partial charge in [0, 0.05) is 10.6 Å². The van der Waals surface area contributed by atoms with Gasteiger partial charge < -0.3 is 4.74 Å². The third kappa shape index (κ3) is 2.40. The van der Waals surface area contributed by atoms with E-state index in [1.807, 2.05) is 59.3 Å². The summed E-state index contributed by atoms with van der Waals surface area (Å²) in [5, 5.41) is 5.11. The minimum Gasteiger partial charge on any atom is -0.497 e. The van der Waals surface area contributed by atoms with Gasteiger partial charge in [-0.25, -0.2) is 4.68 Å². The highest BCUT2D eigenvalue weighted by Crippen LogP contribution is 2.24. The Morgan fingerprint density at radius 3 is 2.30 bits per heavy atom. The summed E-state index contributed by atoms with van der Waals surface area (Å²) < 4.78 is 7.06. The van der Waals surface area contributed by atoms with Gasteiger partial charge in [-0.1, -0.05) is 23.7 Å². The summed E-state index contributed by atoms with van der Waals surface area (Å²) in [7, 11) is 1.65. The van der Waals surface area contributed by atoms with Gasteiger partial charge in [-0.15, -0.1) is 0 Å². The molecule has 100 valence electrons. The standard InChI is InChI=1S/C16H13ClN2O/c1-20-15-8-6-14(7-9-15)19-16(10-11-18-19)12-2-4-13(17)5-3-12/h2-11H,1H3. The molecule has 3 aromatic rings. The van der Waals surface area contributed by atoms with E-state index in [0.717, 1.165) is 27.7 Å². The summed E-state index contributed by atoms with van der Waals surface area (Å²) in [6, 6.07) is 17.5. The van der Waals surface area contributed by atoms with Gasteiger partial charge in [0.1, 0.15) is 5.75 Å². The molecule has 0 aliphatic carbocycles. The van der Waals surface area contributed by atoms with E-state index in [1.165, 1.54) is 0 Å². The molecule has 1 aromatic heterocycles. The molecule has 0 unspecified atom stereocenters. The Balaban J connectivity index is 2.02. The molecule has 3 rings (SSSR count). The summed E-state index contributed by atoms with van der Waals surface area (Å²) >= 11 is 5.93. The molecular weight excluding hydrogens is 272 g/mol. The number of halogens is 1. The lowest BCUT2D eigenvalue weighted by atomic mass is 10.1. The van der Waals surface area contributed by atoms with Crippen molar-refractivity contribution in [3.8, 4) is 22.7 Å². The van der Waals surface area contributed by atoms with Crippen LogP contribution in [0.3, 0.4) is 0 Å². The van der Waals surface area contributed by atoms with E-state index in [1.54, 1.807) is 13.3 Å². The topological polar surface area (TPSA) is 27.1 Å². The van der Waals surface area contributed by atoms with E-state index in [0.29, 0.717) is 0 Å². The van der Waals surface area contributed by atoms with Crippen LogP contribution in [0.25, 0.3) is 16.9 Å². The lowest BCUT2D eigenvalue weighted by Gasteiger charge is -2.08. The maximum Gasteiger partial charge on any atom is 0.119 e. The van der Waals surface area contributed by atoms with Crippen LogP contribution >= 0.6 is 11.6 Å². The monoisotopic (exact) mass is 284 g/mol. The number of nitrogens with zero attached hydrogens (tertiary/aromatic N) is 2. The Labute approximate surface area is 122 Å². The summed E-state index contributed by atoms with van der Waals surface area (Å²) in [6.45, 7) is 0. The number of hydrogen-bond acceptors (Lipinski definition) is 2. The quantitative estimate of drug-likeness (QED) is 0.721. The predicted octanol–water partition coefficient (Wildman–Crippen LogP) is 4.20. The molecule has 0 saturated carbocycles. The smallest absolute Gasteiger partial charge is 0.119 e. The average Bonchev–Trinajstić information content (AvgIpc) is 2.97. The summed E-state index contributed by atoms with van der Waals surface area (Å²) in [5.41, 5.74) is 3.08. The van der Waals surface area contributed by atoms with Crippen LogP contribution in [0.4, 0.5) is 0 Å². The zero-order valence-corrected chi connectivity index (χ0v) is 11.7. The van der Waals surface area contributed by atoms with Gasteiger partial charge in [-0.3, -0.25) is 0 Å². The van der Waals surface area contributed by atoms with Crippen molar-refractivity contribution in [2.45, 2.75) is 0 Å². The molecule has 0 spiro atoms. The van der Waals surface area contributed by atoms with Gasteiger partial charge >= 0.3 is 0 Å². The third-order valence-corrected chi connectivity index (χ3v) is 3.35. The predicted molar refractivity (Wildman–Crippen MR) is 80.6 cm³/mol. The second-order valence-corrected chi connectivity index (χ2v) is 4.77. The van der Waals surface area contributed by atoms with E-state index >= 15 is 0 Å². The van der Waals surface area contributed by atoms with Gasteiger partial charge in [0.25, 0.3) is 0 Å². The largest absolute Gasteiger partial charge is 0.497 e. The summed E-state index contributed by atoms with van der Waals surface area (Å²) in [4.78, 5) is 0. The molecule has 0 N–H and O–H groups in total. The second kappa shape index (κ2) is 5.39. The van der Waals surface area contributed by atoms with Gasteiger partial charge in [0.2, 0.25) is 0 Å². The fourth-order valence-electron chi connectivity index (χ4n) is 2.07. The molecule has 0 saturated heterocycles. The van der Waals surface area contributed by atoms with Crippen LogP contribution in [0.5, 0.6) is 5.75 Å². The Hall–Kier alpha value is -2.26. The number of ether oxygens (including phenoxy) is 1. The first-order chi connectivity index (χ1) is 9.78. The Morgan fingerprint density at radius 1 is 0.950 bits per heavy atom. The van der Waals surface area contributed by atoms with Gasteiger partial charge in [0.15, 0.2) is 0 Å². The van der Waals surface area contributed by atoms with Crippen LogP contribution in [0.15, 0.2) is 60.8 Å². The van der Waals surface area contributed by atoms with Gasteiger partial charge in [0.05, 0.1) is 24.7 Å². The van der Waals surface area contributed by atoms with Gasteiger partial charge in [-0.2, -0.15) is 5.10 Å². The lowest BCUT2D eigenvalue weighted by Crippen LogP contribution is -1.98. The minimum absolute atomic E-state index is 0.726. The SMILES string of the molecule is COc1ccc(-n2nccc2-c2ccc(Cl)cc2)cc1. The molecule has 0 bridgehead atoms. The summed E-state index contributed by atoms with van der Waals surface area (Å²) in [5.74, 6) is 0.828. The van der Waals surface area contributed by atoms with Crippen molar-refractivity contribution in [1.29, 1.82) is 0 Å². The Morgan fingerprint density at radius 2 is 1.65 bits per heavy atom. The highest BCUT2D eigenvalue weighted by Gasteiger charge is 2.07. The maximum absolute atomic E-state index is 5.93. The minimum atomic E-state index is 0.726. The number of methoxy groups -OCH3 is 1. The second-order valence-electron chi connectivity index (χ2n) is 4.33. The highest BCUT2D eigenvalue weighted by atomic mass is 35.5. The highest BCUT2D eigenvalue weighted by molar-refractivity contribution is 6.30. The Bertz CT molecular complexity index is 702. The fourth-order valence-corrected chi connectivity index (χ4v) is 2.20. The van der Waals surface area contributed by atoms with Crippen molar-refractivity contribution in [2.75, 3.05) is 7.11 Å². The molecule has 0 atom stereocenters. The van der Waals surface area contributed by atoms with Crippen LogP contribution < -0.4 is 4.74 Å². The van der Waals surface area contributed by atoms with E-state index in [-0.39, 0.29) is 0 Å². The number of rotatable bonds is 3. The molecule has 3 nitrogen and oxygen atoms in total. The summed E-state index contributed by atoms with van der Waals surface area (Å²) in [6.07, 6.45) is 1.79. The fraction of sp³-hybridized carbons (Fsp3) is 0.0625. The number of aromatic nitrogens is 2. The first-order valence-electron chi connectivity index (χ1n) is 6.22. The molecule has 4 heteroatoms. The van der Waals surface area contributed by atoms with Crippen LogP contribution in [0.2, 0.25) is 5.02 Å². The zero-order chi connectivity index (χ0) is 13.9. The zero-order valence-electron chi connectivity index (χ0n) is 11.0. The molecule has 2 aromatic carbocycles. The molecule has 0 aliphatic heterocycles. The molecule has 1 heterocycles. The number of hydrogen-bond donors (Lipinski definition) is 0. The van der Waals surface area contributed by atoms with Crippen molar-refractivity contribution in [3.63, 3.8) is 0 Å². The van der Waals surface area contributed by atoms with E-state index in [9.17, 15) is 0 Å². The van der Waals surface area contributed by atoms with Crippen molar-refractivity contribution >= 4 is 11.6 Å². The van der Waals surface area contributed by atoms with Crippen molar-refractivity contribution in [2.24, 2.45) is 0 Å².